The minimum absolute atomic E-state index is 0.0106. The van der Waals surface area contributed by atoms with Crippen LogP contribution in [0.25, 0.3) is 0 Å². The second-order valence-electron chi connectivity index (χ2n) is 9.15. The van der Waals surface area contributed by atoms with E-state index in [9.17, 15) is 14.0 Å². The van der Waals surface area contributed by atoms with Crippen LogP contribution >= 0.6 is 0 Å². The molecule has 176 valence electrons. The van der Waals surface area contributed by atoms with Gasteiger partial charge in [0.25, 0.3) is 0 Å². The van der Waals surface area contributed by atoms with Crippen LogP contribution < -0.4 is 15.5 Å². The van der Waals surface area contributed by atoms with Gasteiger partial charge in [0.05, 0.1) is 6.04 Å². The van der Waals surface area contributed by atoms with Crippen molar-refractivity contribution in [1.29, 1.82) is 0 Å². The Bertz CT molecular complexity index is 1020. The highest BCUT2D eigenvalue weighted by Crippen LogP contribution is 2.31. The second-order valence-corrected chi connectivity index (χ2v) is 9.15. The summed E-state index contributed by atoms with van der Waals surface area (Å²) in [5.74, 6) is -1.92. The van der Waals surface area contributed by atoms with Gasteiger partial charge in [-0.15, -0.1) is 0 Å². The average molecular weight is 453 g/mol. The Balaban J connectivity index is 1.46. The summed E-state index contributed by atoms with van der Waals surface area (Å²) in [7, 11) is 2.12. The lowest BCUT2D eigenvalue weighted by Crippen LogP contribution is -2.43. The Hall–Kier alpha value is -2.93. The summed E-state index contributed by atoms with van der Waals surface area (Å²) in [5.41, 5.74) is 4.54. The molecule has 1 fully saturated rings. The zero-order valence-corrected chi connectivity index (χ0v) is 19.5. The SMILES string of the molecule is Cc1ccc(NC(=O)C(=O)NC[C@H](c2ccc3c(c2)CCCN3C)N2CCCCC2)cc1F. The summed E-state index contributed by atoms with van der Waals surface area (Å²) in [6.07, 6.45) is 5.69. The minimum Gasteiger partial charge on any atom is -0.374 e. The number of carbonyl (C=O) groups is 2. The molecule has 2 aliphatic rings. The fourth-order valence-electron chi connectivity index (χ4n) is 4.83. The Morgan fingerprint density at radius 3 is 2.55 bits per heavy atom. The molecule has 0 aromatic heterocycles. The Morgan fingerprint density at radius 1 is 1.00 bits per heavy atom. The number of anilines is 2. The summed E-state index contributed by atoms with van der Waals surface area (Å²) in [4.78, 5) is 29.6. The summed E-state index contributed by atoms with van der Waals surface area (Å²) >= 11 is 0. The van der Waals surface area contributed by atoms with Crippen LogP contribution in [0.15, 0.2) is 36.4 Å². The Morgan fingerprint density at radius 2 is 1.79 bits per heavy atom. The molecule has 33 heavy (non-hydrogen) atoms. The molecule has 2 aliphatic heterocycles. The van der Waals surface area contributed by atoms with E-state index < -0.39 is 17.6 Å². The van der Waals surface area contributed by atoms with E-state index in [1.54, 1.807) is 19.1 Å². The molecule has 1 atom stereocenters. The molecule has 0 bridgehead atoms. The molecule has 0 saturated carbocycles. The first-order chi connectivity index (χ1) is 15.9. The number of rotatable bonds is 5. The van der Waals surface area contributed by atoms with Crippen molar-refractivity contribution in [2.24, 2.45) is 0 Å². The molecule has 4 rings (SSSR count). The molecule has 0 radical (unpaired) electrons. The van der Waals surface area contributed by atoms with Gasteiger partial charge in [0.1, 0.15) is 5.82 Å². The smallest absolute Gasteiger partial charge is 0.313 e. The lowest BCUT2D eigenvalue weighted by atomic mass is 9.95. The lowest BCUT2D eigenvalue weighted by Gasteiger charge is -2.36. The molecule has 1 saturated heterocycles. The van der Waals surface area contributed by atoms with Crippen LogP contribution in [-0.2, 0) is 16.0 Å². The summed E-state index contributed by atoms with van der Waals surface area (Å²) < 4.78 is 13.8. The third-order valence-corrected chi connectivity index (χ3v) is 6.76. The van der Waals surface area contributed by atoms with E-state index in [2.05, 4.69) is 45.7 Å². The second kappa shape index (κ2) is 10.3. The van der Waals surface area contributed by atoms with Gasteiger partial charge in [0, 0.05) is 31.5 Å². The van der Waals surface area contributed by atoms with Crippen molar-refractivity contribution in [3.05, 3.63) is 58.9 Å². The fourth-order valence-corrected chi connectivity index (χ4v) is 4.83. The van der Waals surface area contributed by atoms with E-state index in [1.165, 1.54) is 29.3 Å². The fraction of sp³-hybridized carbons (Fsp3) is 0.462. The van der Waals surface area contributed by atoms with Crippen molar-refractivity contribution >= 4 is 23.2 Å². The molecule has 6 nitrogen and oxygen atoms in total. The highest BCUT2D eigenvalue weighted by Gasteiger charge is 2.26. The number of carbonyl (C=O) groups excluding carboxylic acids is 2. The molecule has 0 spiro atoms. The maximum Gasteiger partial charge on any atom is 0.313 e. The van der Waals surface area contributed by atoms with Crippen molar-refractivity contribution in [2.45, 2.75) is 45.1 Å². The monoisotopic (exact) mass is 452 g/mol. The standard InChI is InChI=1S/C26H33FN4O2/c1-18-8-10-21(16-22(18)27)29-26(33)25(32)28-17-24(31-13-4-3-5-14-31)20-9-11-23-19(15-20)7-6-12-30(23)2/h8-11,15-16,24H,3-7,12-14,17H2,1-2H3,(H,28,32)(H,29,33)/t24-/m1/s1. The van der Waals surface area contributed by atoms with Crippen LogP contribution in [0.3, 0.4) is 0 Å². The van der Waals surface area contributed by atoms with Crippen LogP contribution in [0.4, 0.5) is 15.8 Å². The van der Waals surface area contributed by atoms with Crippen LogP contribution in [0.5, 0.6) is 0 Å². The minimum atomic E-state index is -0.789. The predicted octanol–water partition coefficient (Wildman–Crippen LogP) is 3.80. The van der Waals surface area contributed by atoms with E-state index in [-0.39, 0.29) is 11.7 Å². The van der Waals surface area contributed by atoms with Crippen LogP contribution in [-0.4, -0.2) is 49.9 Å². The summed E-state index contributed by atoms with van der Waals surface area (Å²) in [5, 5.41) is 5.31. The number of amides is 2. The number of fused-ring (bicyclic) bond motifs is 1. The molecule has 2 aromatic carbocycles. The van der Waals surface area contributed by atoms with E-state index >= 15 is 0 Å². The van der Waals surface area contributed by atoms with Crippen molar-refractivity contribution in [1.82, 2.24) is 10.2 Å². The van der Waals surface area contributed by atoms with Gasteiger partial charge in [-0.2, -0.15) is 0 Å². The molecule has 2 amide bonds. The Labute approximate surface area is 195 Å². The first-order valence-corrected chi connectivity index (χ1v) is 11.9. The summed E-state index contributed by atoms with van der Waals surface area (Å²) in [6.45, 7) is 5.02. The molecule has 7 heteroatoms. The first-order valence-electron chi connectivity index (χ1n) is 11.9. The number of hydrogen-bond acceptors (Lipinski definition) is 4. The van der Waals surface area contributed by atoms with Crippen LogP contribution in [0, 0.1) is 12.7 Å². The van der Waals surface area contributed by atoms with Crippen molar-refractivity contribution in [3.8, 4) is 0 Å². The van der Waals surface area contributed by atoms with Gasteiger partial charge in [-0.25, -0.2) is 4.39 Å². The highest BCUT2D eigenvalue weighted by atomic mass is 19.1. The first kappa shape index (κ1) is 23.2. The third kappa shape index (κ3) is 5.53. The van der Waals surface area contributed by atoms with Crippen molar-refractivity contribution < 1.29 is 14.0 Å². The van der Waals surface area contributed by atoms with E-state index in [4.69, 9.17) is 0 Å². The van der Waals surface area contributed by atoms with E-state index in [0.29, 0.717) is 12.1 Å². The molecule has 2 N–H and O–H groups in total. The molecule has 2 aromatic rings. The maximum absolute atomic E-state index is 13.8. The number of aryl methyl sites for hydroxylation is 2. The largest absolute Gasteiger partial charge is 0.374 e. The topological polar surface area (TPSA) is 64.7 Å². The van der Waals surface area contributed by atoms with Crippen molar-refractivity contribution in [2.75, 3.05) is 43.4 Å². The number of nitrogens with one attached hydrogen (secondary N) is 2. The van der Waals surface area contributed by atoms with E-state index in [1.807, 2.05) is 0 Å². The number of nitrogens with zero attached hydrogens (tertiary/aromatic N) is 2. The maximum atomic E-state index is 13.8. The zero-order valence-electron chi connectivity index (χ0n) is 19.5. The molecule has 0 unspecified atom stereocenters. The van der Waals surface area contributed by atoms with Crippen molar-refractivity contribution in [3.63, 3.8) is 0 Å². The normalized spacial score (nSPS) is 17.2. The van der Waals surface area contributed by atoms with E-state index in [0.717, 1.165) is 45.3 Å². The molecular formula is C26H33FN4O2. The highest BCUT2D eigenvalue weighted by molar-refractivity contribution is 6.39. The lowest BCUT2D eigenvalue weighted by molar-refractivity contribution is -0.136. The van der Waals surface area contributed by atoms with Crippen LogP contribution in [0.1, 0.15) is 48.4 Å². The predicted molar refractivity (Wildman–Crippen MR) is 129 cm³/mol. The quantitative estimate of drug-likeness (QED) is 0.678. The number of hydrogen-bond donors (Lipinski definition) is 2. The number of halogens is 1. The van der Waals surface area contributed by atoms with Gasteiger partial charge < -0.3 is 15.5 Å². The molecule has 2 heterocycles. The van der Waals surface area contributed by atoms with Gasteiger partial charge in [-0.05, 0) is 80.6 Å². The van der Waals surface area contributed by atoms with Gasteiger partial charge in [-0.3, -0.25) is 14.5 Å². The average Bonchev–Trinajstić information content (AvgIpc) is 2.82. The van der Waals surface area contributed by atoms with Gasteiger partial charge >= 0.3 is 11.8 Å². The summed E-state index contributed by atoms with van der Waals surface area (Å²) in [6, 6.07) is 11.0. The van der Waals surface area contributed by atoms with Crippen LogP contribution in [0.2, 0.25) is 0 Å². The Kier molecular flexibility index (Phi) is 7.28. The van der Waals surface area contributed by atoms with Gasteiger partial charge in [0.15, 0.2) is 0 Å². The van der Waals surface area contributed by atoms with Gasteiger partial charge in [-0.1, -0.05) is 24.6 Å². The zero-order chi connectivity index (χ0) is 23.4. The number of benzene rings is 2. The molecular weight excluding hydrogens is 419 g/mol. The number of piperidine rings is 1. The number of likely N-dealkylation sites (tertiary alicyclic amines) is 1. The molecule has 0 aliphatic carbocycles. The third-order valence-electron chi connectivity index (χ3n) is 6.76. The van der Waals surface area contributed by atoms with Gasteiger partial charge in [0.2, 0.25) is 0 Å².